The normalized spacial score (nSPS) is 11.2. The monoisotopic (exact) mass is 418 g/mol. The fourth-order valence-corrected chi connectivity index (χ4v) is 1.79. The standard InChI is InChI=1S/C19H34N2O8/c1-18(2,3)28-16(24)20-10-12-26-14(22)8-7-9-15(23)27-13-11-21-17(25)29-19(4,5)6/h7-13H2,1-6H3,(H,20,24)(H,21,25). The van der Waals surface area contributed by atoms with E-state index >= 15 is 0 Å². The highest BCUT2D eigenvalue weighted by Gasteiger charge is 2.16. The third kappa shape index (κ3) is 18.6. The molecule has 10 nitrogen and oxygen atoms in total. The molecule has 29 heavy (non-hydrogen) atoms. The molecule has 0 unspecified atom stereocenters. The number of esters is 2. The Bertz CT molecular complexity index is 501. The Labute approximate surface area is 172 Å². The average Bonchev–Trinajstić information content (AvgIpc) is 2.52. The van der Waals surface area contributed by atoms with Gasteiger partial charge in [-0.1, -0.05) is 0 Å². The first-order valence-corrected chi connectivity index (χ1v) is 9.53. The lowest BCUT2D eigenvalue weighted by atomic mass is 10.2. The van der Waals surface area contributed by atoms with Crippen LogP contribution in [0.25, 0.3) is 0 Å². The van der Waals surface area contributed by atoms with E-state index in [9.17, 15) is 19.2 Å². The van der Waals surface area contributed by atoms with Crippen LogP contribution in [0.15, 0.2) is 0 Å². The molecule has 0 heterocycles. The summed E-state index contributed by atoms with van der Waals surface area (Å²) in [4.78, 5) is 45.9. The largest absolute Gasteiger partial charge is 0.464 e. The van der Waals surface area contributed by atoms with Gasteiger partial charge < -0.3 is 29.6 Å². The number of hydrogen-bond donors (Lipinski definition) is 2. The summed E-state index contributed by atoms with van der Waals surface area (Å²) in [5.74, 6) is -0.953. The number of hydrogen-bond acceptors (Lipinski definition) is 8. The summed E-state index contributed by atoms with van der Waals surface area (Å²) in [7, 11) is 0. The molecule has 0 atom stereocenters. The lowest BCUT2D eigenvalue weighted by Gasteiger charge is -2.19. The van der Waals surface area contributed by atoms with Crippen LogP contribution in [0.4, 0.5) is 9.59 Å². The van der Waals surface area contributed by atoms with Gasteiger partial charge in [0, 0.05) is 12.8 Å². The van der Waals surface area contributed by atoms with E-state index < -0.39 is 35.3 Å². The summed E-state index contributed by atoms with van der Waals surface area (Å²) in [6.45, 7) is 10.8. The van der Waals surface area contributed by atoms with E-state index in [1.54, 1.807) is 41.5 Å². The van der Waals surface area contributed by atoms with Crippen LogP contribution in [-0.2, 0) is 28.5 Å². The van der Waals surface area contributed by atoms with Crippen molar-refractivity contribution >= 4 is 24.1 Å². The molecule has 0 aromatic carbocycles. The predicted molar refractivity (Wildman–Crippen MR) is 104 cm³/mol. The van der Waals surface area contributed by atoms with Gasteiger partial charge in [0.2, 0.25) is 0 Å². The van der Waals surface area contributed by atoms with Crippen molar-refractivity contribution in [2.75, 3.05) is 26.3 Å². The van der Waals surface area contributed by atoms with Crippen molar-refractivity contribution in [1.82, 2.24) is 10.6 Å². The molecular weight excluding hydrogens is 384 g/mol. The third-order valence-corrected chi connectivity index (χ3v) is 2.83. The fraction of sp³-hybridized carbons (Fsp3) is 0.789. The zero-order valence-corrected chi connectivity index (χ0v) is 18.2. The first kappa shape index (κ1) is 26.5. The zero-order valence-electron chi connectivity index (χ0n) is 18.2. The number of nitrogens with one attached hydrogen (secondary N) is 2. The minimum absolute atomic E-state index is 0.0128. The van der Waals surface area contributed by atoms with Gasteiger partial charge in [0.15, 0.2) is 0 Å². The topological polar surface area (TPSA) is 129 Å². The van der Waals surface area contributed by atoms with Gasteiger partial charge in [-0.2, -0.15) is 0 Å². The average molecular weight is 418 g/mol. The molecule has 0 fully saturated rings. The molecule has 0 aliphatic heterocycles. The highest BCUT2D eigenvalue weighted by molar-refractivity contribution is 5.72. The molecule has 0 aromatic rings. The van der Waals surface area contributed by atoms with Gasteiger partial charge in [0.1, 0.15) is 24.4 Å². The molecule has 0 saturated heterocycles. The van der Waals surface area contributed by atoms with Gasteiger partial charge in [-0.05, 0) is 48.0 Å². The Morgan fingerprint density at radius 1 is 0.655 bits per heavy atom. The molecular formula is C19H34N2O8. The van der Waals surface area contributed by atoms with Gasteiger partial charge in [-0.15, -0.1) is 0 Å². The van der Waals surface area contributed by atoms with E-state index in [1.807, 2.05) is 0 Å². The quantitative estimate of drug-likeness (QED) is 0.314. The minimum atomic E-state index is -0.596. The number of alkyl carbamates (subject to hydrolysis) is 2. The van der Waals surface area contributed by atoms with E-state index in [2.05, 4.69) is 10.6 Å². The maximum Gasteiger partial charge on any atom is 0.407 e. The van der Waals surface area contributed by atoms with E-state index in [0.717, 1.165) is 0 Å². The van der Waals surface area contributed by atoms with Crippen LogP contribution in [0.3, 0.4) is 0 Å². The Kier molecular flexibility index (Phi) is 11.7. The van der Waals surface area contributed by atoms with Crippen LogP contribution in [0.1, 0.15) is 60.8 Å². The summed E-state index contributed by atoms with van der Waals surface area (Å²) in [5.41, 5.74) is -1.19. The number of ether oxygens (including phenoxy) is 4. The molecule has 0 radical (unpaired) electrons. The van der Waals surface area contributed by atoms with Crippen molar-refractivity contribution in [2.45, 2.75) is 72.0 Å². The minimum Gasteiger partial charge on any atom is -0.464 e. The molecule has 0 rings (SSSR count). The van der Waals surface area contributed by atoms with Gasteiger partial charge in [-0.25, -0.2) is 9.59 Å². The lowest BCUT2D eigenvalue weighted by molar-refractivity contribution is -0.145. The fourth-order valence-electron chi connectivity index (χ4n) is 1.79. The Hall–Kier alpha value is -2.52. The van der Waals surface area contributed by atoms with E-state index in [1.165, 1.54) is 0 Å². The molecule has 168 valence electrons. The van der Waals surface area contributed by atoms with Gasteiger partial charge in [0.25, 0.3) is 0 Å². The highest BCUT2D eigenvalue weighted by atomic mass is 16.6. The zero-order chi connectivity index (χ0) is 22.5. The van der Waals surface area contributed by atoms with Crippen LogP contribution in [0.5, 0.6) is 0 Å². The maximum absolute atomic E-state index is 11.6. The SMILES string of the molecule is CC(C)(C)OC(=O)NCCOC(=O)CCCC(=O)OCCNC(=O)OC(C)(C)C. The van der Waals surface area contributed by atoms with Gasteiger partial charge in [0.05, 0.1) is 13.1 Å². The number of amides is 2. The highest BCUT2D eigenvalue weighted by Crippen LogP contribution is 2.07. The Balaban J connectivity index is 3.68. The van der Waals surface area contributed by atoms with Crippen LogP contribution < -0.4 is 10.6 Å². The second kappa shape index (κ2) is 12.8. The van der Waals surface area contributed by atoms with E-state index in [0.29, 0.717) is 0 Å². The molecule has 10 heteroatoms. The molecule has 0 aliphatic carbocycles. The van der Waals surface area contributed by atoms with Crippen molar-refractivity contribution in [2.24, 2.45) is 0 Å². The van der Waals surface area contributed by atoms with Crippen molar-refractivity contribution in [3.8, 4) is 0 Å². The summed E-state index contributed by atoms with van der Waals surface area (Å²) in [5, 5.41) is 4.93. The van der Waals surface area contributed by atoms with Crippen LogP contribution in [-0.4, -0.2) is 61.6 Å². The smallest absolute Gasteiger partial charge is 0.407 e. The van der Waals surface area contributed by atoms with Crippen molar-refractivity contribution in [3.05, 3.63) is 0 Å². The lowest BCUT2D eigenvalue weighted by Crippen LogP contribution is -2.34. The number of carbonyl (C=O) groups is 4. The Morgan fingerprint density at radius 2 is 1.00 bits per heavy atom. The van der Waals surface area contributed by atoms with Crippen LogP contribution >= 0.6 is 0 Å². The van der Waals surface area contributed by atoms with Crippen molar-refractivity contribution in [1.29, 1.82) is 0 Å². The summed E-state index contributed by atoms with van der Waals surface area (Å²) >= 11 is 0. The second-order valence-electron chi connectivity index (χ2n) is 8.15. The Morgan fingerprint density at radius 3 is 1.31 bits per heavy atom. The molecule has 0 saturated carbocycles. The maximum atomic E-state index is 11.6. The summed E-state index contributed by atoms with van der Waals surface area (Å²) in [6, 6.07) is 0. The molecule has 2 N–H and O–H groups in total. The van der Waals surface area contributed by atoms with E-state index in [-0.39, 0.29) is 45.6 Å². The number of rotatable bonds is 10. The van der Waals surface area contributed by atoms with Crippen LogP contribution in [0.2, 0.25) is 0 Å². The van der Waals surface area contributed by atoms with Crippen LogP contribution in [0, 0.1) is 0 Å². The number of carbonyl (C=O) groups excluding carboxylic acids is 4. The van der Waals surface area contributed by atoms with Gasteiger partial charge >= 0.3 is 24.1 Å². The molecule has 0 aliphatic rings. The summed E-state index contributed by atoms with van der Waals surface area (Å²) in [6.07, 6.45) is -0.790. The predicted octanol–water partition coefficient (Wildman–Crippen LogP) is 2.29. The second-order valence-corrected chi connectivity index (χ2v) is 8.15. The molecule has 0 bridgehead atoms. The van der Waals surface area contributed by atoms with Crippen molar-refractivity contribution < 1.29 is 38.1 Å². The molecule has 0 spiro atoms. The first-order valence-electron chi connectivity index (χ1n) is 9.53. The molecule has 2 amide bonds. The van der Waals surface area contributed by atoms with E-state index in [4.69, 9.17) is 18.9 Å². The van der Waals surface area contributed by atoms with Gasteiger partial charge in [-0.3, -0.25) is 9.59 Å². The molecule has 0 aromatic heterocycles. The summed E-state index contributed by atoms with van der Waals surface area (Å²) < 4.78 is 20.0. The first-order chi connectivity index (χ1) is 13.3. The third-order valence-electron chi connectivity index (χ3n) is 2.83. The van der Waals surface area contributed by atoms with Crippen molar-refractivity contribution in [3.63, 3.8) is 0 Å².